The second-order valence-corrected chi connectivity index (χ2v) is 5.70. The monoisotopic (exact) mass is 297 g/mol. The molecule has 0 fully saturated rings. The maximum Gasteiger partial charge on any atom is 0.251 e. The average Bonchev–Trinajstić information content (AvgIpc) is 2.54. The van der Waals surface area contributed by atoms with Crippen molar-refractivity contribution in [2.24, 2.45) is 5.92 Å². The smallest absolute Gasteiger partial charge is 0.251 e. The van der Waals surface area contributed by atoms with E-state index < -0.39 is 0 Å². The summed E-state index contributed by atoms with van der Waals surface area (Å²) in [4.78, 5) is 16.4. The molecule has 2 aromatic rings. The van der Waals surface area contributed by atoms with Crippen LogP contribution in [0.15, 0.2) is 48.7 Å². The molecule has 4 nitrogen and oxygen atoms in total. The lowest BCUT2D eigenvalue weighted by atomic mass is 10.1. The fourth-order valence-electron chi connectivity index (χ4n) is 2.04. The molecule has 116 valence electrons. The van der Waals surface area contributed by atoms with Crippen LogP contribution in [0.3, 0.4) is 0 Å². The molecule has 0 bridgehead atoms. The van der Waals surface area contributed by atoms with E-state index in [0.717, 1.165) is 18.8 Å². The van der Waals surface area contributed by atoms with E-state index in [4.69, 9.17) is 0 Å². The number of aromatic nitrogens is 1. The number of benzene rings is 1. The van der Waals surface area contributed by atoms with E-state index in [1.165, 1.54) is 5.56 Å². The molecule has 0 unspecified atom stereocenters. The molecule has 2 rings (SSSR count). The van der Waals surface area contributed by atoms with Crippen molar-refractivity contribution in [2.45, 2.75) is 20.3 Å². The van der Waals surface area contributed by atoms with Gasteiger partial charge in [-0.1, -0.05) is 44.2 Å². The summed E-state index contributed by atoms with van der Waals surface area (Å²) in [6, 6.07) is 13.7. The molecule has 0 atom stereocenters. The van der Waals surface area contributed by atoms with Crippen LogP contribution in [0.2, 0.25) is 0 Å². The van der Waals surface area contributed by atoms with Gasteiger partial charge < -0.3 is 10.6 Å². The first kappa shape index (κ1) is 16.0. The molecule has 0 saturated heterocycles. The maximum atomic E-state index is 12.2. The first-order chi connectivity index (χ1) is 10.6. The van der Waals surface area contributed by atoms with Crippen molar-refractivity contribution < 1.29 is 4.79 Å². The molecular formula is C18H23N3O. The second-order valence-electron chi connectivity index (χ2n) is 5.70. The van der Waals surface area contributed by atoms with Crippen LogP contribution in [0.25, 0.3) is 0 Å². The molecule has 0 spiro atoms. The molecule has 0 aliphatic rings. The van der Waals surface area contributed by atoms with Crippen LogP contribution < -0.4 is 10.6 Å². The lowest BCUT2D eigenvalue weighted by molar-refractivity contribution is 0.0954. The summed E-state index contributed by atoms with van der Waals surface area (Å²) >= 11 is 0. The average molecular weight is 297 g/mol. The van der Waals surface area contributed by atoms with Crippen molar-refractivity contribution in [3.63, 3.8) is 0 Å². The summed E-state index contributed by atoms with van der Waals surface area (Å²) in [5, 5.41) is 6.18. The van der Waals surface area contributed by atoms with Gasteiger partial charge in [0.1, 0.15) is 5.82 Å². The highest BCUT2D eigenvalue weighted by Gasteiger charge is 2.06. The van der Waals surface area contributed by atoms with E-state index in [9.17, 15) is 4.79 Å². The van der Waals surface area contributed by atoms with Gasteiger partial charge in [-0.2, -0.15) is 0 Å². The third-order valence-corrected chi connectivity index (χ3v) is 3.26. The molecular weight excluding hydrogens is 274 g/mol. The van der Waals surface area contributed by atoms with Crippen molar-refractivity contribution in [3.8, 4) is 0 Å². The number of rotatable bonds is 7. The van der Waals surface area contributed by atoms with Crippen LogP contribution in [0.4, 0.5) is 5.82 Å². The minimum atomic E-state index is -0.0640. The van der Waals surface area contributed by atoms with Crippen molar-refractivity contribution in [2.75, 3.05) is 18.4 Å². The summed E-state index contributed by atoms with van der Waals surface area (Å²) in [5.41, 5.74) is 1.85. The van der Waals surface area contributed by atoms with Crippen molar-refractivity contribution >= 4 is 11.7 Å². The van der Waals surface area contributed by atoms with Gasteiger partial charge in [-0.05, 0) is 30.0 Å². The lowest BCUT2D eigenvalue weighted by Crippen LogP contribution is -2.25. The van der Waals surface area contributed by atoms with Gasteiger partial charge in [0, 0.05) is 24.8 Å². The number of amides is 1. The number of pyridine rings is 1. The standard InChI is InChI=1S/C18H23N3O/c1-14(2)13-21-17-12-16(9-11-19-17)18(22)20-10-8-15-6-4-3-5-7-15/h3-7,9,11-12,14H,8,10,13H2,1-2H3,(H,19,21)(H,20,22). The highest BCUT2D eigenvalue weighted by Crippen LogP contribution is 2.08. The summed E-state index contributed by atoms with van der Waals surface area (Å²) < 4.78 is 0. The first-order valence-corrected chi connectivity index (χ1v) is 7.67. The number of nitrogens with one attached hydrogen (secondary N) is 2. The fourth-order valence-corrected chi connectivity index (χ4v) is 2.04. The Labute approximate surface area is 132 Å². The Balaban J connectivity index is 1.85. The number of carbonyl (C=O) groups is 1. The summed E-state index contributed by atoms with van der Waals surface area (Å²) in [6.45, 7) is 5.73. The lowest BCUT2D eigenvalue weighted by Gasteiger charge is -2.10. The predicted octanol–water partition coefficient (Wildman–Crippen LogP) is 3.12. The Bertz CT molecular complexity index is 596. The fraction of sp³-hybridized carbons (Fsp3) is 0.333. The predicted molar refractivity (Wildman–Crippen MR) is 90.0 cm³/mol. The van der Waals surface area contributed by atoms with Gasteiger partial charge in [-0.15, -0.1) is 0 Å². The van der Waals surface area contributed by atoms with Crippen molar-refractivity contribution in [1.29, 1.82) is 0 Å². The number of hydrogen-bond acceptors (Lipinski definition) is 3. The number of anilines is 1. The summed E-state index contributed by atoms with van der Waals surface area (Å²) in [5.74, 6) is 1.21. The molecule has 1 aromatic carbocycles. The number of carbonyl (C=O) groups excluding carboxylic acids is 1. The van der Waals surface area contributed by atoms with Gasteiger partial charge in [0.2, 0.25) is 0 Å². The van der Waals surface area contributed by atoms with Gasteiger partial charge in [0.05, 0.1) is 0 Å². The largest absolute Gasteiger partial charge is 0.370 e. The molecule has 4 heteroatoms. The Kier molecular flexibility index (Phi) is 5.95. The van der Waals surface area contributed by atoms with Crippen LogP contribution in [0.1, 0.15) is 29.8 Å². The van der Waals surface area contributed by atoms with E-state index >= 15 is 0 Å². The van der Waals surface area contributed by atoms with Crippen molar-refractivity contribution in [3.05, 3.63) is 59.8 Å². The number of nitrogens with zero attached hydrogens (tertiary/aromatic N) is 1. The Hall–Kier alpha value is -2.36. The van der Waals surface area contributed by atoms with Gasteiger partial charge in [-0.25, -0.2) is 4.98 Å². The zero-order chi connectivity index (χ0) is 15.8. The normalized spacial score (nSPS) is 10.5. The third kappa shape index (κ3) is 5.20. The van der Waals surface area contributed by atoms with Crippen LogP contribution in [0, 0.1) is 5.92 Å². The van der Waals surface area contributed by atoms with E-state index in [-0.39, 0.29) is 5.91 Å². The molecule has 0 aliphatic heterocycles. The van der Waals surface area contributed by atoms with Gasteiger partial charge >= 0.3 is 0 Å². The quantitative estimate of drug-likeness (QED) is 0.825. The Morgan fingerprint density at radius 1 is 1.18 bits per heavy atom. The Morgan fingerprint density at radius 3 is 2.68 bits per heavy atom. The maximum absolute atomic E-state index is 12.2. The third-order valence-electron chi connectivity index (χ3n) is 3.26. The highest BCUT2D eigenvalue weighted by atomic mass is 16.1. The van der Waals surface area contributed by atoms with E-state index in [2.05, 4.69) is 41.6 Å². The first-order valence-electron chi connectivity index (χ1n) is 7.67. The van der Waals surface area contributed by atoms with Crippen LogP contribution in [-0.4, -0.2) is 24.0 Å². The molecule has 0 saturated carbocycles. The SMILES string of the molecule is CC(C)CNc1cc(C(=O)NCCc2ccccc2)ccn1. The number of hydrogen-bond donors (Lipinski definition) is 2. The Morgan fingerprint density at radius 2 is 1.95 bits per heavy atom. The zero-order valence-corrected chi connectivity index (χ0v) is 13.2. The highest BCUT2D eigenvalue weighted by molar-refractivity contribution is 5.94. The topological polar surface area (TPSA) is 54.0 Å². The minimum Gasteiger partial charge on any atom is -0.370 e. The van der Waals surface area contributed by atoms with Gasteiger partial charge in [0.15, 0.2) is 0 Å². The van der Waals surface area contributed by atoms with Crippen LogP contribution in [0.5, 0.6) is 0 Å². The molecule has 22 heavy (non-hydrogen) atoms. The van der Waals surface area contributed by atoms with E-state index in [0.29, 0.717) is 18.0 Å². The summed E-state index contributed by atoms with van der Waals surface area (Å²) in [6.07, 6.45) is 2.49. The summed E-state index contributed by atoms with van der Waals surface area (Å²) in [7, 11) is 0. The zero-order valence-electron chi connectivity index (χ0n) is 13.2. The molecule has 0 radical (unpaired) electrons. The molecule has 1 amide bonds. The van der Waals surface area contributed by atoms with Crippen molar-refractivity contribution in [1.82, 2.24) is 10.3 Å². The van der Waals surface area contributed by atoms with Gasteiger partial charge in [-0.3, -0.25) is 4.79 Å². The van der Waals surface area contributed by atoms with E-state index in [1.807, 2.05) is 18.2 Å². The molecule has 1 heterocycles. The van der Waals surface area contributed by atoms with Crippen LogP contribution >= 0.6 is 0 Å². The molecule has 0 aliphatic carbocycles. The molecule has 1 aromatic heterocycles. The second kappa shape index (κ2) is 8.17. The van der Waals surface area contributed by atoms with Crippen LogP contribution in [-0.2, 0) is 6.42 Å². The minimum absolute atomic E-state index is 0.0640. The van der Waals surface area contributed by atoms with E-state index in [1.54, 1.807) is 18.3 Å². The molecule has 2 N–H and O–H groups in total. The van der Waals surface area contributed by atoms with Gasteiger partial charge in [0.25, 0.3) is 5.91 Å².